The van der Waals surface area contributed by atoms with E-state index in [1.165, 1.54) is 18.5 Å². The van der Waals surface area contributed by atoms with Crippen LogP contribution in [0.1, 0.15) is 52.1 Å². The van der Waals surface area contributed by atoms with E-state index >= 15 is 0 Å². The summed E-state index contributed by atoms with van der Waals surface area (Å²) in [6, 6.07) is 9.15. The molecule has 1 aromatic carbocycles. The standard InChI is InChI=1S/C18H31BrN2/c1-5-11-20-18(16-8-7-9-17(19)13-16)10-12-21(6-2)14-15(3)4/h7-9,13,15,18,20H,5-6,10-12,14H2,1-4H3. The highest BCUT2D eigenvalue weighted by atomic mass is 79.9. The van der Waals surface area contributed by atoms with Crippen LogP contribution in [-0.4, -0.2) is 31.1 Å². The fourth-order valence-corrected chi connectivity index (χ4v) is 3.05. The summed E-state index contributed by atoms with van der Waals surface area (Å²) < 4.78 is 1.16. The van der Waals surface area contributed by atoms with Crippen LogP contribution in [0, 0.1) is 5.92 Å². The first-order valence-electron chi connectivity index (χ1n) is 8.28. The summed E-state index contributed by atoms with van der Waals surface area (Å²) >= 11 is 3.59. The fraction of sp³-hybridized carbons (Fsp3) is 0.667. The van der Waals surface area contributed by atoms with Crippen LogP contribution in [0.25, 0.3) is 0 Å². The minimum absolute atomic E-state index is 0.448. The monoisotopic (exact) mass is 354 g/mol. The predicted molar refractivity (Wildman–Crippen MR) is 96.7 cm³/mol. The molecule has 0 amide bonds. The molecule has 0 saturated heterocycles. The molecule has 0 heterocycles. The van der Waals surface area contributed by atoms with E-state index in [2.05, 4.69) is 78.1 Å². The van der Waals surface area contributed by atoms with Gasteiger partial charge < -0.3 is 10.2 Å². The van der Waals surface area contributed by atoms with Gasteiger partial charge in [-0.3, -0.25) is 0 Å². The molecule has 0 radical (unpaired) electrons. The summed E-state index contributed by atoms with van der Waals surface area (Å²) in [6.45, 7) is 13.6. The minimum atomic E-state index is 0.448. The summed E-state index contributed by atoms with van der Waals surface area (Å²) in [5.74, 6) is 0.734. The van der Waals surface area contributed by atoms with Crippen LogP contribution in [0.3, 0.4) is 0 Å². The quantitative estimate of drug-likeness (QED) is 0.645. The van der Waals surface area contributed by atoms with Gasteiger partial charge in [0.05, 0.1) is 0 Å². The van der Waals surface area contributed by atoms with Gasteiger partial charge in [-0.2, -0.15) is 0 Å². The Kier molecular flexibility index (Phi) is 9.21. The average molecular weight is 355 g/mol. The molecule has 1 N–H and O–H groups in total. The lowest BCUT2D eigenvalue weighted by Crippen LogP contribution is -2.32. The average Bonchev–Trinajstić information content (AvgIpc) is 2.45. The molecular formula is C18H31BrN2. The van der Waals surface area contributed by atoms with Gasteiger partial charge in [-0.05, 0) is 56.1 Å². The molecule has 0 saturated carbocycles. The summed E-state index contributed by atoms with van der Waals surface area (Å²) in [5.41, 5.74) is 1.39. The molecule has 1 aromatic rings. The highest BCUT2D eigenvalue weighted by molar-refractivity contribution is 9.10. The lowest BCUT2D eigenvalue weighted by Gasteiger charge is -2.26. The summed E-state index contributed by atoms with van der Waals surface area (Å²) in [4.78, 5) is 2.56. The van der Waals surface area contributed by atoms with E-state index in [0.29, 0.717) is 6.04 Å². The molecule has 2 nitrogen and oxygen atoms in total. The van der Waals surface area contributed by atoms with Gasteiger partial charge in [0.25, 0.3) is 0 Å². The molecule has 1 unspecified atom stereocenters. The fourth-order valence-electron chi connectivity index (χ4n) is 2.64. The number of hydrogen-bond acceptors (Lipinski definition) is 2. The number of rotatable bonds is 10. The third-order valence-electron chi connectivity index (χ3n) is 3.70. The Hall–Kier alpha value is -0.380. The van der Waals surface area contributed by atoms with Crippen LogP contribution in [0.15, 0.2) is 28.7 Å². The molecule has 0 aromatic heterocycles. The van der Waals surface area contributed by atoms with Crippen molar-refractivity contribution in [2.24, 2.45) is 5.92 Å². The Morgan fingerprint density at radius 2 is 2.00 bits per heavy atom. The molecule has 1 rings (SSSR count). The van der Waals surface area contributed by atoms with Gasteiger partial charge in [-0.25, -0.2) is 0 Å². The first-order chi connectivity index (χ1) is 10.1. The first kappa shape index (κ1) is 18.7. The maximum absolute atomic E-state index is 3.70. The number of halogens is 1. The summed E-state index contributed by atoms with van der Waals surface area (Å²) in [5, 5.41) is 3.70. The molecule has 1 atom stereocenters. The maximum Gasteiger partial charge on any atom is 0.0332 e. The largest absolute Gasteiger partial charge is 0.310 e. The second-order valence-corrected chi connectivity index (χ2v) is 7.05. The Morgan fingerprint density at radius 1 is 1.24 bits per heavy atom. The van der Waals surface area contributed by atoms with Crippen molar-refractivity contribution in [2.45, 2.75) is 46.6 Å². The third-order valence-corrected chi connectivity index (χ3v) is 4.19. The van der Waals surface area contributed by atoms with Crippen LogP contribution in [-0.2, 0) is 0 Å². The third kappa shape index (κ3) is 7.44. The molecule has 0 fully saturated rings. The van der Waals surface area contributed by atoms with Gasteiger partial charge in [0.15, 0.2) is 0 Å². The number of nitrogens with one attached hydrogen (secondary N) is 1. The van der Waals surface area contributed by atoms with Crippen LogP contribution in [0.5, 0.6) is 0 Å². The van der Waals surface area contributed by atoms with Crippen molar-refractivity contribution in [3.63, 3.8) is 0 Å². The molecule has 0 aliphatic carbocycles. The van der Waals surface area contributed by atoms with Gasteiger partial charge in [0.1, 0.15) is 0 Å². The van der Waals surface area contributed by atoms with Crippen LogP contribution < -0.4 is 5.32 Å². The van der Waals surface area contributed by atoms with Gasteiger partial charge in [-0.1, -0.05) is 55.8 Å². The molecule has 120 valence electrons. The molecule has 3 heteroatoms. The van der Waals surface area contributed by atoms with E-state index in [4.69, 9.17) is 0 Å². The van der Waals surface area contributed by atoms with E-state index in [1.54, 1.807) is 0 Å². The second-order valence-electron chi connectivity index (χ2n) is 6.14. The minimum Gasteiger partial charge on any atom is -0.310 e. The topological polar surface area (TPSA) is 15.3 Å². The zero-order valence-corrected chi connectivity index (χ0v) is 15.6. The molecule has 0 aliphatic heterocycles. The van der Waals surface area contributed by atoms with Crippen LogP contribution in [0.4, 0.5) is 0 Å². The second kappa shape index (κ2) is 10.4. The van der Waals surface area contributed by atoms with Crippen molar-refractivity contribution in [2.75, 3.05) is 26.2 Å². The van der Waals surface area contributed by atoms with Crippen LogP contribution >= 0.6 is 15.9 Å². The van der Waals surface area contributed by atoms with Crippen molar-refractivity contribution < 1.29 is 0 Å². The van der Waals surface area contributed by atoms with E-state index < -0.39 is 0 Å². The van der Waals surface area contributed by atoms with Crippen molar-refractivity contribution in [3.8, 4) is 0 Å². The highest BCUT2D eigenvalue weighted by Gasteiger charge is 2.13. The van der Waals surface area contributed by atoms with E-state index in [0.717, 1.165) is 36.4 Å². The SMILES string of the molecule is CCCNC(CCN(CC)CC(C)C)c1cccc(Br)c1. The zero-order chi connectivity index (χ0) is 15.7. The molecule has 0 aliphatic rings. The number of hydrogen-bond donors (Lipinski definition) is 1. The van der Waals surface area contributed by atoms with Crippen molar-refractivity contribution in [1.29, 1.82) is 0 Å². The lowest BCUT2D eigenvalue weighted by atomic mass is 10.0. The normalized spacial score (nSPS) is 13.1. The number of nitrogens with zero attached hydrogens (tertiary/aromatic N) is 1. The molecule has 0 spiro atoms. The van der Waals surface area contributed by atoms with Gasteiger partial charge >= 0.3 is 0 Å². The Balaban J connectivity index is 2.65. The molecule has 21 heavy (non-hydrogen) atoms. The molecular weight excluding hydrogens is 324 g/mol. The number of benzene rings is 1. The van der Waals surface area contributed by atoms with Crippen molar-refractivity contribution >= 4 is 15.9 Å². The Labute approximate surface area is 139 Å². The smallest absolute Gasteiger partial charge is 0.0332 e. The van der Waals surface area contributed by atoms with E-state index in [1.807, 2.05) is 0 Å². The zero-order valence-electron chi connectivity index (χ0n) is 14.0. The van der Waals surface area contributed by atoms with Gasteiger partial charge in [0.2, 0.25) is 0 Å². The van der Waals surface area contributed by atoms with Gasteiger partial charge in [-0.15, -0.1) is 0 Å². The lowest BCUT2D eigenvalue weighted by molar-refractivity contribution is 0.241. The Morgan fingerprint density at radius 3 is 2.57 bits per heavy atom. The van der Waals surface area contributed by atoms with E-state index in [9.17, 15) is 0 Å². The maximum atomic E-state index is 3.70. The van der Waals surface area contributed by atoms with Gasteiger partial charge in [0, 0.05) is 17.1 Å². The van der Waals surface area contributed by atoms with Crippen LogP contribution in [0.2, 0.25) is 0 Å². The van der Waals surface area contributed by atoms with Crippen molar-refractivity contribution in [1.82, 2.24) is 10.2 Å². The Bertz CT molecular complexity index is 393. The highest BCUT2D eigenvalue weighted by Crippen LogP contribution is 2.21. The van der Waals surface area contributed by atoms with E-state index in [-0.39, 0.29) is 0 Å². The molecule has 0 bridgehead atoms. The summed E-state index contributed by atoms with van der Waals surface area (Å²) in [6.07, 6.45) is 2.34. The van der Waals surface area contributed by atoms with Crippen molar-refractivity contribution in [3.05, 3.63) is 34.3 Å². The first-order valence-corrected chi connectivity index (χ1v) is 9.07. The predicted octanol–water partition coefficient (Wildman–Crippen LogP) is 4.86. The summed E-state index contributed by atoms with van der Waals surface area (Å²) in [7, 11) is 0.